The van der Waals surface area contributed by atoms with Gasteiger partial charge in [-0.3, -0.25) is 0 Å². The van der Waals surface area contributed by atoms with Crippen molar-refractivity contribution in [1.29, 1.82) is 0 Å². The Kier molecular flexibility index (Phi) is 4.60. The molecule has 2 aromatic rings. The van der Waals surface area contributed by atoms with E-state index in [1.54, 1.807) is 11.8 Å². The third-order valence-corrected chi connectivity index (χ3v) is 4.72. The Morgan fingerprint density at radius 1 is 1.53 bits per heavy atom. The average Bonchev–Trinajstić information content (AvgIpc) is 3.02. The summed E-state index contributed by atoms with van der Waals surface area (Å²) in [6.45, 7) is 2.05. The maximum Gasteiger partial charge on any atom is 0.348 e. The molecule has 0 saturated carbocycles. The number of carbonyl (C=O) groups excluding carboxylic acids is 1. The Bertz CT molecular complexity index is 577. The first kappa shape index (κ1) is 14.1. The zero-order valence-corrected chi connectivity index (χ0v) is 12.7. The lowest BCUT2D eigenvalue weighted by Crippen LogP contribution is -2.01. The monoisotopic (exact) mass is 297 g/mol. The predicted molar refractivity (Wildman–Crippen MR) is 75.6 cm³/mol. The van der Waals surface area contributed by atoms with Gasteiger partial charge in [0.05, 0.1) is 7.11 Å². The van der Waals surface area contributed by atoms with E-state index in [0.717, 1.165) is 23.0 Å². The molecule has 5 nitrogen and oxygen atoms in total. The van der Waals surface area contributed by atoms with Crippen molar-refractivity contribution in [1.82, 2.24) is 14.8 Å². The van der Waals surface area contributed by atoms with Crippen molar-refractivity contribution in [2.24, 2.45) is 7.05 Å². The predicted octanol–water partition coefficient (Wildman–Crippen LogP) is 2.52. The van der Waals surface area contributed by atoms with Crippen LogP contribution >= 0.6 is 23.1 Å². The Labute approximate surface area is 120 Å². The maximum atomic E-state index is 11.6. The first-order chi connectivity index (χ1) is 9.17. The molecule has 0 aliphatic rings. The molecule has 7 heteroatoms. The second kappa shape index (κ2) is 6.21. The van der Waals surface area contributed by atoms with Crippen LogP contribution < -0.4 is 0 Å². The molecular formula is C12H15N3O2S2. The van der Waals surface area contributed by atoms with Crippen LogP contribution in [0, 0.1) is 0 Å². The van der Waals surface area contributed by atoms with E-state index in [1.807, 2.05) is 30.0 Å². The summed E-state index contributed by atoms with van der Waals surface area (Å²) >= 11 is 2.97. The van der Waals surface area contributed by atoms with E-state index >= 15 is 0 Å². The molecule has 19 heavy (non-hydrogen) atoms. The molecule has 0 saturated heterocycles. The number of thiophene rings is 1. The van der Waals surface area contributed by atoms with Gasteiger partial charge in [-0.05, 0) is 17.0 Å². The molecule has 0 aliphatic carbocycles. The summed E-state index contributed by atoms with van der Waals surface area (Å²) in [5, 5.41) is 11.0. The summed E-state index contributed by atoms with van der Waals surface area (Å²) in [5.74, 6) is 1.36. The molecule has 0 bridgehead atoms. The lowest BCUT2D eigenvalue weighted by atomic mass is 10.3. The van der Waals surface area contributed by atoms with Gasteiger partial charge in [-0.1, -0.05) is 18.7 Å². The number of nitrogens with zero attached hydrogens (tertiary/aromatic N) is 3. The normalized spacial score (nSPS) is 10.7. The van der Waals surface area contributed by atoms with Crippen molar-refractivity contribution in [3.63, 3.8) is 0 Å². The fraction of sp³-hybridized carbons (Fsp3) is 0.417. The van der Waals surface area contributed by atoms with Gasteiger partial charge < -0.3 is 9.30 Å². The van der Waals surface area contributed by atoms with Crippen molar-refractivity contribution in [3.8, 4) is 0 Å². The third kappa shape index (κ3) is 2.98. The van der Waals surface area contributed by atoms with E-state index in [1.165, 1.54) is 18.4 Å². The molecule has 0 N–H and O–H groups in total. The topological polar surface area (TPSA) is 57.0 Å². The highest BCUT2D eigenvalue weighted by Crippen LogP contribution is 2.26. The Balaban J connectivity index is 2.08. The van der Waals surface area contributed by atoms with Crippen molar-refractivity contribution >= 4 is 29.1 Å². The van der Waals surface area contributed by atoms with E-state index in [0.29, 0.717) is 10.6 Å². The smallest absolute Gasteiger partial charge is 0.348 e. The largest absolute Gasteiger partial charge is 0.465 e. The molecule has 0 spiro atoms. The van der Waals surface area contributed by atoms with Gasteiger partial charge in [-0.25, -0.2) is 4.79 Å². The molecule has 2 heterocycles. The summed E-state index contributed by atoms with van der Waals surface area (Å²) in [7, 11) is 3.35. The SMILES string of the molecule is CCc1nnc(SCc2ccsc2C(=O)OC)n1C. The van der Waals surface area contributed by atoms with Gasteiger partial charge in [-0.2, -0.15) is 0 Å². The number of hydrogen-bond acceptors (Lipinski definition) is 6. The van der Waals surface area contributed by atoms with Crippen molar-refractivity contribution < 1.29 is 9.53 Å². The number of esters is 1. The molecule has 0 aliphatic heterocycles. The minimum Gasteiger partial charge on any atom is -0.465 e. The van der Waals surface area contributed by atoms with E-state index < -0.39 is 0 Å². The summed E-state index contributed by atoms with van der Waals surface area (Å²) in [4.78, 5) is 12.2. The van der Waals surface area contributed by atoms with Crippen LogP contribution in [0.25, 0.3) is 0 Å². The highest BCUT2D eigenvalue weighted by Gasteiger charge is 2.15. The zero-order valence-electron chi connectivity index (χ0n) is 11.0. The Hall–Kier alpha value is -1.34. The number of rotatable bonds is 5. The summed E-state index contributed by atoms with van der Waals surface area (Å²) in [6.07, 6.45) is 0.857. The Morgan fingerprint density at radius 2 is 2.32 bits per heavy atom. The number of aryl methyl sites for hydroxylation is 1. The van der Waals surface area contributed by atoms with Crippen LogP contribution in [0.2, 0.25) is 0 Å². The number of carbonyl (C=O) groups is 1. The van der Waals surface area contributed by atoms with Crippen LogP contribution in [0.15, 0.2) is 16.6 Å². The molecule has 0 radical (unpaired) electrons. The van der Waals surface area contributed by atoms with Gasteiger partial charge in [0, 0.05) is 19.2 Å². The van der Waals surface area contributed by atoms with Gasteiger partial charge in [0.25, 0.3) is 0 Å². The zero-order chi connectivity index (χ0) is 13.8. The van der Waals surface area contributed by atoms with E-state index in [9.17, 15) is 4.79 Å². The number of methoxy groups -OCH3 is 1. The minimum atomic E-state index is -0.280. The van der Waals surface area contributed by atoms with Crippen molar-refractivity contribution in [2.45, 2.75) is 24.3 Å². The summed E-state index contributed by atoms with van der Waals surface area (Å²) in [6, 6.07) is 1.95. The van der Waals surface area contributed by atoms with E-state index in [2.05, 4.69) is 10.2 Å². The fourth-order valence-corrected chi connectivity index (χ4v) is 3.50. The Morgan fingerprint density at radius 3 is 2.95 bits per heavy atom. The first-order valence-electron chi connectivity index (χ1n) is 5.83. The minimum absolute atomic E-state index is 0.280. The third-order valence-electron chi connectivity index (χ3n) is 2.72. The van der Waals surface area contributed by atoms with Crippen LogP contribution in [0.1, 0.15) is 28.0 Å². The van der Waals surface area contributed by atoms with Crippen molar-refractivity contribution in [3.05, 3.63) is 27.7 Å². The van der Waals surface area contributed by atoms with Gasteiger partial charge in [0.1, 0.15) is 10.7 Å². The molecule has 0 unspecified atom stereocenters. The lowest BCUT2D eigenvalue weighted by molar-refractivity contribution is 0.0605. The van der Waals surface area contributed by atoms with E-state index in [4.69, 9.17) is 4.74 Å². The number of aromatic nitrogens is 3. The van der Waals surface area contributed by atoms with Crippen molar-refractivity contribution in [2.75, 3.05) is 7.11 Å². The molecule has 0 atom stereocenters. The van der Waals surface area contributed by atoms with Gasteiger partial charge in [0.2, 0.25) is 0 Å². The van der Waals surface area contributed by atoms with E-state index in [-0.39, 0.29) is 5.97 Å². The van der Waals surface area contributed by atoms with Crippen LogP contribution in [-0.2, 0) is 24.0 Å². The van der Waals surface area contributed by atoms with Gasteiger partial charge >= 0.3 is 5.97 Å². The standard InChI is InChI=1S/C12H15N3O2S2/c1-4-9-13-14-12(15(9)2)19-7-8-5-6-18-10(8)11(16)17-3/h5-6H,4,7H2,1-3H3. The molecule has 102 valence electrons. The fourth-order valence-electron chi connectivity index (χ4n) is 1.64. The summed E-state index contributed by atoms with van der Waals surface area (Å²) in [5.41, 5.74) is 0.975. The first-order valence-corrected chi connectivity index (χ1v) is 7.69. The van der Waals surface area contributed by atoms with Crippen LogP contribution in [0.4, 0.5) is 0 Å². The molecule has 0 amide bonds. The summed E-state index contributed by atoms with van der Waals surface area (Å²) < 4.78 is 6.74. The number of thioether (sulfide) groups is 1. The highest BCUT2D eigenvalue weighted by atomic mass is 32.2. The second-order valence-electron chi connectivity index (χ2n) is 3.87. The molecular weight excluding hydrogens is 282 g/mol. The molecule has 2 rings (SSSR count). The van der Waals surface area contributed by atoms with Crippen LogP contribution in [0.3, 0.4) is 0 Å². The second-order valence-corrected chi connectivity index (χ2v) is 5.73. The maximum absolute atomic E-state index is 11.6. The molecule has 0 fully saturated rings. The quantitative estimate of drug-likeness (QED) is 0.627. The number of hydrogen-bond donors (Lipinski definition) is 0. The van der Waals surface area contributed by atoms with Gasteiger partial charge in [0.15, 0.2) is 5.16 Å². The molecule has 0 aromatic carbocycles. The number of ether oxygens (including phenoxy) is 1. The lowest BCUT2D eigenvalue weighted by Gasteiger charge is -2.03. The van der Waals surface area contributed by atoms with Crippen LogP contribution in [-0.4, -0.2) is 27.8 Å². The van der Waals surface area contributed by atoms with Gasteiger partial charge in [-0.15, -0.1) is 21.5 Å². The molecule has 2 aromatic heterocycles. The average molecular weight is 297 g/mol. The van der Waals surface area contributed by atoms with Crippen LogP contribution in [0.5, 0.6) is 0 Å². The highest BCUT2D eigenvalue weighted by molar-refractivity contribution is 7.98.